The standard InChI is InChI=1S/C16H21NO3S/c1-10-7-8-14(21-10)15(18)17-12-6-4-3-5-11(12)9-13(17)16(19)20-2/h7-8,11-13H,3-6,9H2,1-2H3/t11-,12-,13+/m1/s1. The lowest BCUT2D eigenvalue weighted by Gasteiger charge is -2.33. The van der Waals surface area contributed by atoms with Gasteiger partial charge in [-0.1, -0.05) is 12.8 Å². The summed E-state index contributed by atoms with van der Waals surface area (Å²) in [6, 6.07) is 3.63. The molecule has 1 aromatic heterocycles. The van der Waals surface area contributed by atoms with Crippen LogP contribution < -0.4 is 0 Å². The Labute approximate surface area is 129 Å². The van der Waals surface area contributed by atoms with E-state index in [1.807, 2.05) is 24.0 Å². The number of hydrogen-bond acceptors (Lipinski definition) is 4. The molecule has 2 aliphatic rings. The molecule has 1 aromatic rings. The number of nitrogens with zero attached hydrogens (tertiary/aromatic N) is 1. The molecule has 114 valence electrons. The number of thiophene rings is 1. The van der Waals surface area contributed by atoms with Crippen LogP contribution in [0.4, 0.5) is 0 Å². The maximum atomic E-state index is 12.9. The van der Waals surface area contributed by atoms with E-state index >= 15 is 0 Å². The first-order chi connectivity index (χ1) is 10.1. The Hall–Kier alpha value is -1.36. The van der Waals surface area contributed by atoms with E-state index in [9.17, 15) is 9.59 Å². The number of fused-ring (bicyclic) bond motifs is 1. The fourth-order valence-electron chi connectivity index (χ4n) is 3.78. The van der Waals surface area contributed by atoms with Crippen LogP contribution >= 0.6 is 11.3 Å². The second-order valence-corrected chi connectivity index (χ2v) is 7.30. The molecule has 3 atom stereocenters. The molecule has 1 aliphatic heterocycles. The van der Waals surface area contributed by atoms with Crippen molar-refractivity contribution in [2.24, 2.45) is 5.92 Å². The highest BCUT2D eigenvalue weighted by molar-refractivity contribution is 7.13. The Morgan fingerprint density at radius 2 is 2.05 bits per heavy atom. The molecular formula is C16H21NO3S. The zero-order valence-electron chi connectivity index (χ0n) is 12.5. The molecular weight excluding hydrogens is 286 g/mol. The molecule has 4 nitrogen and oxygen atoms in total. The minimum atomic E-state index is -0.405. The quantitative estimate of drug-likeness (QED) is 0.789. The third-order valence-corrected chi connectivity index (χ3v) is 5.74. The molecule has 21 heavy (non-hydrogen) atoms. The molecule has 0 N–H and O–H groups in total. The fraction of sp³-hybridized carbons (Fsp3) is 0.625. The molecule has 0 spiro atoms. The first-order valence-corrected chi connectivity index (χ1v) is 8.40. The number of esters is 1. The predicted molar refractivity (Wildman–Crippen MR) is 81.4 cm³/mol. The third kappa shape index (κ3) is 2.59. The van der Waals surface area contributed by atoms with Crippen molar-refractivity contribution in [3.63, 3.8) is 0 Å². The number of methoxy groups -OCH3 is 1. The number of carbonyl (C=O) groups is 2. The number of rotatable bonds is 2. The largest absolute Gasteiger partial charge is 0.467 e. The Morgan fingerprint density at radius 1 is 1.29 bits per heavy atom. The average Bonchev–Trinajstić information content (AvgIpc) is 3.09. The number of hydrogen-bond donors (Lipinski definition) is 0. The van der Waals surface area contributed by atoms with E-state index < -0.39 is 6.04 Å². The number of carbonyl (C=O) groups excluding carboxylic acids is 2. The van der Waals surface area contributed by atoms with Crippen molar-refractivity contribution in [1.82, 2.24) is 4.90 Å². The molecule has 3 rings (SSSR count). The summed E-state index contributed by atoms with van der Waals surface area (Å²) in [6.45, 7) is 1.99. The van der Waals surface area contributed by atoms with Crippen LogP contribution in [0.2, 0.25) is 0 Å². The van der Waals surface area contributed by atoms with E-state index in [-0.39, 0.29) is 17.9 Å². The minimum absolute atomic E-state index is 0.00194. The van der Waals surface area contributed by atoms with Gasteiger partial charge in [-0.05, 0) is 44.2 Å². The summed E-state index contributed by atoms with van der Waals surface area (Å²) in [5.41, 5.74) is 0. The van der Waals surface area contributed by atoms with Gasteiger partial charge in [-0.15, -0.1) is 11.3 Å². The van der Waals surface area contributed by atoms with Gasteiger partial charge in [0.05, 0.1) is 12.0 Å². The van der Waals surface area contributed by atoms with E-state index in [1.54, 1.807) is 0 Å². The van der Waals surface area contributed by atoms with Gasteiger partial charge in [-0.2, -0.15) is 0 Å². The lowest BCUT2D eigenvalue weighted by Crippen LogP contribution is -2.46. The van der Waals surface area contributed by atoms with E-state index in [2.05, 4.69) is 0 Å². The van der Waals surface area contributed by atoms with Crippen LogP contribution in [0, 0.1) is 12.8 Å². The number of aryl methyl sites for hydroxylation is 1. The molecule has 5 heteroatoms. The normalized spacial score (nSPS) is 28.3. The highest BCUT2D eigenvalue weighted by Gasteiger charge is 2.48. The molecule has 1 aliphatic carbocycles. The fourth-order valence-corrected chi connectivity index (χ4v) is 4.59. The molecule has 2 fully saturated rings. The first-order valence-electron chi connectivity index (χ1n) is 7.58. The van der Waals surface area contributed by atoms with E-state index in [0.717, 1.165) is 35.4 Å². The Bertz CT molecular complexity index is 553. The van der Waals surface area contributed by atoms with Crippen LogP contribution in [0.1, 0.15) is 46.7 Å². The molecule has 1 amide bonds. The average molecular weight is 307 g/mol. The van der Waals surface area contributed by atoms with Gasteiger partial charge >= 0.3 is 5.97 Å². The second kappa shape index (κ2) is 5.79. The number of amides is 1. The van der Waals surface area contributed by atoms with Crippen LogP contribution in [-0.2, 0) is 9.53 Å². The van der Waals surface area contributed by atoms with Gasteiger partial charge in [0, 0.05) is 10.9 Å². The van der Waals surface area contributed by atoms with Gasteiger partial charge in [-0.3, -0.25) is 4.79 Å². The summed E-state index contributed by atoms with van der Waals surface area (Å²) in [4.78, 5) is 28.6. The van der Waals surface area contributed by atoms with Crippen molar-refractivity contribution in [2.75, 3.05) is 7.11 Å². The van der Waals surface area contributed by atoms with Crippen molar-refractivity contribution in [3.05, 3.63) is 21.9 Å². The second-order valence-electron chi connectivity index (χ2n) is 6.01. The Morgan fingerprint density at radius 3 is 2.71 bits per heavy atom. The zero-order chi connectivity index (χ0) is 15.0. The number of ether oxygens (including phenoxy) is 1. The highest BCUT2D eigenvalue weighted by atomic mass is 32.1. The van der Waals surface area contributed by atoms with Gasteiger partial charge in [-0.25, -0.2) is 4.79 Å². The van der Waals surface area contributed by atoms with Crippen LogP contribution in [0.3, 0.4) is 0 Å². The summed E-state index contributed by atoms with van der Waals surface area (Å²) in [5, 5.41) is 0. The molecule has 0 radical (unpaired) electrons. The lowest BCUT2D eigenvalue weighted by atomic mass is 9.85. The van der Waals surface area contributed by atoms with Crippen LogP contribution in [-0.4, -0.2) is 36.0 Å². The van der Waals surface area contributed by atoms with E-state index in [4.69, 9.17) is 4.74 Å². The lowest BCUT2D eigenvalue weighted by molar-refractivity contribution is -0.145. The molecule has 1 saturated carbocycles. The summed E-state index contributed by atoms with van der Waals surface area (Å²) in [6.07, 6.45) is 5.23. The predicted octanol–water partition coefficient (Wildman–Crippen LogP) is 3.00. The van der Waals surface area contributed by atoms with Gasteiger partial charge in [0.2, 0.25) is 0 Å². The molecule has 1 saturated heterocycles. The van der Waals surface area contributed by atoms with Crippen LogP contribution in [0.15, 0.2) is 12.1 Å². The molecule has 0 aromatic carbocycles. The van der Waals surface area contributed by atoms with Crippen molar-refractivity contribution in [1.29, 1.82) is 0 Å². The maximum Gasteiger partial charge on any atom is 0.328 e. The summed E-state index contributed by atoms with van der Waals surface area (Å²) in [7, 11) is 1.41. The number of likely N-dealkylation sites (tertiary alicyclic amines) is 1. The van der Waals surface area contributed by atoms with Crippen molar-refractivity contribution in [3.8, 4) is 0 Å². The van der Waals surface area contributed by atoms with Crippen molar-refractivity contribution in [2.45, 2.75) is 51.1 Å². The topological polar surface area (TPSA) is 46.6 Å². The van der Waals surface area contributed by atoms with Crippen LogP contribution in [0.25, 0.3) is 0 Å². The van der Waals surface area contributed by atoms with Gasteiger partial charge in [0.1, 0.15) is 6.04 Å². The molecule has 2 heterocycles. The van der Waals surface area contributed by atoms with Crippen molar-refractivity contribution < 1.29 is 14.3 Å². The van der Waals surface area contributed by atoms with Crippen LogP contribution in [0.5, 0.6) is 0 Å². The monoisotopic (exact) mass is 307 g/mol. The molecule has 0 bridgehead atoms. The first kappa shape index (κ1) is 14.6. The highest BCUT2D eigenvalue weighted by Crippen LogP contribution is 2.41. The van der Waals surface area contributed by atoms with Gasteiger partial charge in [0.25, 0.3) is 5.91 Å². The summed E-state index contributed by atoms with van der Waals surface area (Å²) < 4.78 is 4.93. The summed E-state index contributed by atoms with van der Waals surface area (Å²) >= 11 is 1.50. The van der Waals surface area contributed by atoms with E-state index in [1.165, 1.54) is 24.9 Å². The summed E-state index contributed by atoms with van der Waals surface area (Å²) in [5.74, 6) is 0.178. The zero-order valence-corrected chi connectivity index (χ0v) is 13.3. The smallest absolute Gasteiger partial charge is 0.328 e. The van der Waals surface area contributed by atoms with Gasteiger partial charge in [0.15, 0.2) is 0 Å². The third-order valence-electron chi connectivity index (χ3n) is 4.75. The Balaban J connectivity index is 1.90. The SMILES string of the molecule is COC(=O)[C@@H]1C[C@H]2CCCC[C@H]2N1C(=O)c1ccc(C)s1. The maximum absolute atomic E-state index is 12.9. The van der Waals surface area contributed by atoms with E-state index in [0.29, 0.717) is 5.92 Å². The van der Waals surface area contributed by atoms with Gasteiger partial charge < -0.3 is 9.64 Å². The molecule has 0 unspecified atom stereocenters. The van der Waals surface area contributed by atoms with Crippen molar-refractivity contribution >= 4 is 23.2 Å². The Kier molecular flexibility index (Phi) is 4.02. The minimum Gasteiger partial charge on any atom is -0.467 e.